The fraction of sp³-hybridized carbons (Fsp3) is 0.647. The van der Waals surface area contributed by atoms with Gasteiger partial charge in [-0.25, -0.2) is 0 Å². The fourth-order valence-electron chi connectivity index (χ4n) is 3.74. The van der Waals surface area contributed by atoms with Crippen molar-refractivity contribution >= 4 is 0 Å². The number of hydrogen-bond donors (Lipinski definition) is 1. The second-order valence-electron chi connectivity index (χ2n) is 6.52. The number of benzene rings is 1. The Kier molecular flexibility index (Phi) is 4.32. The predicted octanol–water partition coefficient (Wildman–Crippen LogP) is 3.16. The van der Waals surface area contributed by atoms with Crippen LogP contribution < -0.4 is 0 Å². The molecule has 3 atom stereocenters. The molecule has 0 aliphatic carbocycles. The third-order valence-electron chi connectivity index (χ3n) is 4.82. The van der Waals surface area contributed by atoms with Gasteiger partial charge in [0.1, 0.15) is 0 Å². The summed E-state index contributed by atoms with van der Waals surface area (Å²) in [6, 6.07) is 10.6. The van der Waals surface area contributed by atoms with Gasteiger partial charge in [0.2, 0.25) is 0 Å². The minimum atomic E-state index is -0.521. The Labute approximate surface area is 117 Å². The lowest BCUT2D eigenvalue weighted by Crippen LogP contribution is -2.58. The highest BCUT2D eigenvalue weighted by atomic mass is 16.3. The zero-order valence-electron chi connectivity index (χ0n) is 12.6. The van der Waals surface area contributed by atoms with E-state index in [1.165, 1.54) is 5.56 Å². The van der Waals surface area contributed by atoms with E-state index in [0.717, 1.165) is 19.6 Å². The number of nitrogens with zero attached hydrogens (tertiary/aromatic N) is 1. The average molecular weight is 261 g/mol. The monoisotopic (exact) mass is 261 g/mol. The first kappa shape index (κ1) is 14.5. The molecule has 0 spiro atoms. The van der Waals surface area contributed by atoms with Crippen LogP contribution in [0.2, 0.25) is 0 Å². The van der Waals surface area contributed by atoms with Gasteiger partial charge in [-0.3, -0.25) is 4.90 Å². The molecular formula is C17H27NO. The molecule has 2 rings (SSSR count). The van der Waals surface area contributed by atoms with Crippen molar-refractivity contribution in [3.05, 3.63) is 35.9 Å². The van der Waals surface area contributed by atoms with Crippen molar-refractivity contribution in [3.63, 3.8) is 0 Å². The van der Waals surface area contributed by atoms with Gasteiger partial charge in [-0.05, 0) is 23.3 Å². The largest absolute Gasteiger partial charge is 0.389 e. The predicted molar refractivity (Wildman–Crippen MR) is 79.8 cm³/mol. The molecule has 106 valence electrons. The van der Waals surface area contributed by atoms with Gasteiger partial charge in [-0.1, -0.05) is 58.0 Å². The molecule has 1 fully saturated rings. The minimum absolute atomic E-state index is 0.316. The van der Waals surface area contributed by atoms with Gasteiger partial charge < -0.3 is 5.11 Å². The van der Waals surface area contributed by atoms with E-state index in [2.05, 4.69) is 62.9 Å². The Morgan fingerprint density at radius 3 is 2.16 bits per heavy atom. The molecule has 19 heavy (non-hydrogen) atoms. The summed E-state index contributed by atoms with van der Waals surface area (Å²) in [5.41, 5.74) is 0.838. The molecule has 0 amide bonds. The minimum Gasteiger partial charge on any atom is -0.389 e. The van der Waals surface area contributed by atoms with E-state index >= 15 is 0 Å². The van der Waals surface area contributed by atoms with Gasteiger partial charge in [-0.15, -0.1) is 0 Å². The van der Waals surface area contributed by atoms with Crippen LogP contribution in [0, 0.1) is 17.8 Å². The molecule has 2 nitrogen and oxygen atoms in total. The maximum absolute atomic E-state index is 10.9. The highest BCUT2D eigenvalue weighted by Gasteiger charge is 2.46. The van der Waals surface area contributed by atoms with Crippen molar-refractivity contribution in [2.24, 2.45) is 17.8 Å². The molecule has 1 aromatic carbocycles. The van der Waals surface area contributed by atoms with Gasteiger partial charge in [0.25, 0.3) is 0 Å². The zero-order chi connectivity index (χ0) is 14.0. The first-order valence-electron chi connectivity index (χ1n) is 7.43. The van der Waals surface area contributed by atoms with E-state index in [-0.39, 0.29) is 0 Å². The van der Waals surface area contributed by atoms with Crippen LogP contribution in [0.25, 0.3) is 0 Å². The number of likely N-dealkylation sites (tertiary alicyclic amines) is 1. The molecule has 1 aromatic rings. The van der Waals surface area contributed by atoms with Gasteiger partial charge in [0.15, 0.2) is 0 Å². The summed E-state index contributed by atoms with van der Waals surface area (Å²) < 4.78 is 0. The van der Waals surface area contributed by atoms with E-state index in [1.807, 2.05) is 0 Å². The van der Waals surface area contributed by atoms with E-state index < -0.39 is 5.60 Å². The Bertz CT molecular complexity index is 389. The SMILES string of the molecule is CC(C)C1(O)[C@H](C)CN(Cc2ccccc2)C[C@@H]1C. The Hall–Kier alpha value is -0.860. The lowest BCUT2D eigenvalue weighted by molar-refractivity contribution is -0.137. The molecular weight excluding hydrogens is 234 g/mol. The highest BCUT2D eigenvalue weighted by Crippen LogP contribution is 2.38. The third kappa shape index (κ3) is 2.85. The lowest BCUT2D eigenvalue weighted by Gasteiger charge is -2.50. The highest BCUT2D eigenvalue weighted by molar-refractivity contribution is 5.15. The normalized spacial score (nSPS) is 32.7. The quantitative estimate of drug-likeness (QED) is 0.903. The maximum Gasteiger partial charge on any atom is 0.0745 e. The van der Waals surface area contributed by atoms with Crippen molar-refractivity contribution in [1.82, 2.24) is 4.90 Å². The average Bonchev–Trinajstić information content (AvgIpc) is 2.36. The van der Waals surface area contributed by atoms with E-state index in [0.29, 0.717) is 17.8 Å². The summed E-state index contributed by atoms with van der Waals surface area (Å²) in [7, 11) is 0. The van der Waals surface area contributed by atoms with Crippen LogP contribution in [-0.2, 0) is 6.54 Å². The molecule has 1 saturated heterocycles. The van der Waals surface area contributed by atoms with Gasteiger partial charge in [0.05, 0.1) is 5.60 Å². The van der Waals surface area contributed by atoms with E-state index in [4.69, 9.17) is 0 Å². The summed E-state index contributed by atoms with van der Waals surface area (Å²) in [5.74, 6) is 0.955. The molecule has 2 heteroatoms. The molecule has 0 bridgehead atoms. The summed E-state index contributed by atoms with van der Waals surface area (Å²) in [5, 5.41) is 10.9. The number of hydrogen-bond acceptors (Lipinski definition) is 2. The molecule has 1 aliphatic heterocycles. The number of rotatable bonds is 3. The van der Waals surface area contributed by atoms with E-state index in [9.17, 15) is 5.11 Å². The topological polar surface area (TPSA) is 23.5 Å². The Balaban J connectivity index is 2.06. The van der Waals surface area contributed by atoms with Crippen molar-refractivity contribution in [2.75, 3.05) is 13.1 Å². The smallest absolute Gasteiger partial charge is 0.0745 e. The second-order valence-corrected chi connectivity index (χ2v) is 6.52. The zero-order valence-corrected chi connectivity index (χ0v) is 12.6. The molecule has 1 aliphatic rings. The summed E-state index contributed by atoms with van der Waals surface area (Å²) in [6.07, 6.45) is 0. The number of aliphatic hydroxyl groups is 1. The number of piperidine rings is 1. The first-order chi connectivity index (χ1) is 8.94. The molecule has 0 radical (unpaired) electrons. The molecule has 0 saturated carbocycles. The molecule has 1 heterocycles. The van der Waals surface area contributed by atoms with Gasteiger partial charge in [0, 0.05) is 19.6 Å². The standard InChI is InChI=1S/C17H27NO/c1-13(2)17(19)14(3)10-18(11-15(17)4)12-16-8-6-5-7-9-16/h5-9,13-15,19H,10-12H2,1-4H3/t14-,15+,17?. The summed E-state index contributed by atoms with van der Waals surface area (Å²) >= 11 is 0. The first-order valence-corrected chi connectivity index (χ1v) is 7.43. The lowest BCUT2D eigenvalue weighted by atomic mass is 9.68. The van der Waals surface area contributed by atoms with Crippen LogP contribution in [0.15, 0.2) is 30.3 Å². The van der Waals surface area contributed by atoms with Crippen LogP contribution in [0.5, 0.6) is 0 Å². The summed E-state index contributed by atoms with van der Waals surface area (Å²) in [6.45, 7) is 11.6. The van der Waals surface area contributed by atoms with Crippen molar-refractivity contribution in [3.8, 4) is 0 Å². The molecule has 0 aromatic heterocycles. The van der Waals surface area contributed by atoms with Crippen molar-refractivity contribution < 1.29 is 5.11 Å². The van der Waals surface area contributed by atoms with Gasteiger partial charge >= 0.3 is 0 Å². The second kappa shape index (κ2) is 5.64. The van der Waals surface area contributed by atoms with Crippen LogP contribution in [0.4, 0.5) is 0 Å². The molecule has 1 N–H and O–H groups in total. The van der Waals surface area contributed by atoms with Gasteiger partial charge in [-0.2, -0.15) is 0 Å². The Morgan fingerprint density at radius 2 is 1.68 bits per heavy atom. The van der Waals surface area contributed by atoms with Crippen molar-refractivity contribution in [1.29, 1.82) is 0 Å². The summed E-state index contributed by atoms with van der Waals surface area (Å²) in [4.78, 5) is 2.47. The van der Waals surface area contributed by atoms with Crippen LogP contribution in [-0.4, -0.2) is 28.7 Å². The maximum atomic E-state index is 10.9. The van der Waals surface area contributed by atoms with Crippen LogP contribution in [0.3, 0.4) is 0 Å². The Morgan fingerprint density at radius 1 is 1.16 bits per heavy atom. The van der Waals surface area contributed by atoms with E-state index in [1.54, 1.807) is 0 Å². The fourth-order valence-corrected chi connectivity index (χ4v) is 3.74. The molecule has 1 unspecified atom stereocenters. The van der Waals surface area contributed by atoms with Crippen molar-refractivity contribution in [2.45, 2.75) is 39.8 Å². The van der Waals surface area contributed by atoms with Crippen LogP contribution in [0.1, 0.15) is 33.3 Å². The van der Waals surface area contributed by atoms with Crippen LogP contribution >= 0.6 is 0 Å². The third-order valence-corrected chi connectivity index (χ3v) is 4.82.